The highest BCUT2D eigenvalue weighted by Gasteiger charge is 2.25. The Morgan fingerprint density at radius 1 is 1.14 bits per heavy atom. The number of nitrogens with zero attached hydrogens (tertiary/aromatic N) is 1. The first-order chi connectivity index (χ1) is 13.3. The van der Waals surface area contributed by atoms with Crippen molar-refractivity contribution >= 4 is 21.6 Å². The topological polar surface area (TPSA) is 84.9 Å². The highest BCUT2D eigenvalue weighted by Crippen LogP contribution is 2.30. The van der Waals surface area contributed by atoms with Crippen LogP contribution in [0, 0.1) is 13.8 Å². The fourth-order valence-corrected chi connectivity index (χ4v) is 3.87. The molecule has 0 aromatic heterocycles. The minimum Gasteiger partial charge on any atom is -0.486 e. The number of rotatable bonds is 6. The minimum atomic E-state index is -3.62. The van der Waals surface area contributed by atoms with E-state index in [-0.39, 0.29) is 19.2 Å². The van der Waals surface area contributed by atoms with Gasteiger partial charge in [0.05, 0.1) is 18.5 Å². The van der Waals surface area contributed by atoms with E-state index < -0.39 is 15.9 Å². The number of carbonyl (C=O) groups excluding carboxylic acids is 1. The zero-order valence-electron chi connectivity index (χ0n) is 16.1. The number of benzene rings is 2. The molecule has 2 aromatic rings. The van der Waals surface area contributed by atoms with Gasteiger partial charge in [0.2, 0.25) is 15.9 Å². The molecule has 0 radical (unpaired) electrons. The van der Waals surface area contributed by atoms with E-state index in [9.17, 15) is 13.2 Å². The Hall–Kier alpha value is -2.74. The Labute approximate surface area is 165 Å². The van der Waals surface area contributed by atoms with Gasteiger partial charge in [0, 0.05) is 0 Å². The second-order valence-electron chi connectivity index (χ2n) is 6.79. The molecule has 0 bridgehead atoms. The number of sulfonamides is 1. The number of hydrogen-bond acceptors (Lipinski definition) is 5. The van der Waals surface area contributed by atoms with Crippen LogP contribution >= 0.6 is 0 Å². The van der Waals surface area contributed by atoms with Gasteiger partial charge in [0.1, 0.15) is 19.3 Å². The normalized spacial score (nSPS) is 15.8. The van der Waals surface area contributed by atoms with Crippen molar-refractivity contribution in [2.24, 2.45) is 0 Å². The van der Waals surface area contributed by atoms with Gasteiger partial charge >= 0.3 is 0 Å². The minimum absolute atomic E-state index is 0.220. The molecular weight excluding hydrogens is 380 g/mol. The van der Waals surface area contributed by atoms with E-state index in [2.05, 4.69) is 5.32 Å². The zero-order valence-corrected chi connectivity index (χ0v) is 17.0. The third-order valence-corrected chi connectivity index (χ3v) is 5.75. The molecule has 1 heterocycles. The summed E-state index contributed by atoms with van der Waals surface area (Å²) in [6, 6.07) is 12.7. The largest absolute Gasteiger partial charge is 0.486 e. The molecule has 0 unspecified atom stereocenters. The number of anilines is 1. The van der Waals surface area contributed by atoms with E-state index in [1.54, 1.807) is 18.2 Å². The third kappa shape index (κ3) is 4.56. The fourth-order valence-electron chi connectivity index (χ4n) is 2.96. The lowest BCUT2D eigenvalue weighted by Gasteiger charge is -2.27. The molecular formula is C20H24N2O5S. The number of carbonyl (C=O) groups is 1. The lowest BCUT2D eigenvalue weighted by Crippen LogP contribution is -2.45. The average Bonchev–Trinajstić information content (AvgIpc) is 2.66. The van der Waals surface area contributed by atoms with E-state index in [1.165, 1.54) is 0 Å². The summed E-state index contributed by atoms with van der Waals surface area (Å²) in [5.74, 6) is 0.887. The second-order valence-corrected chi connectivity index (χ2v) is 8.70. The zero-order chi connectivity index (χ0) is 20.3. The van der Waals surface area contributed by atoms with Crippen molar-refractivity contribution in [2.45, 2.75) is 20.0 Å². The molecule has 0 aliphatic carbocycles. The third-order valence-electron chi connectivity index (χ3n) is 4.63. The summed E-state index contributed by atoms with van der Waals surface area (Å²) < 4.78 is 37.1. The molecule has 2 aromatic carbocycles. The van der Waals surface area contributed by atoms with Crippen LogP contribution in [-0.4, -0.2) is 46.4 Å². The molecule has 1 atom stereocenters. The van der Waals surface area contributed by atoms with Gasteiger partial charge in [0.25, 0.3) is 0 Å². The maximum absolute atomic E-state index is 12.4. The lowest BCUT2D eigenvalue weighted by molar-refractivity contribution is -0.120. The molecule has 8 heteroatoms. The summed E-state index contributed by atoms with van der Waals surface area (Å²) in [4.78, 5) is 12.4. The van der Waals surface area contributed by atoms with Crippen LogP contribution in [0.5, 0.6) is 11.5 Å². The highest BCUT2D eigenvalue weighted by molar-refractivity contribution is 7.92. The van der Waals surface area contributed by atoms with Crippen LogP contribution in [0.25, 0.3) is 0 Å². The van der Waals surface area contributed by atoms with Crippen molar-refractivity contribution in [3.8, 4) is 11.5 Å². The number of amides is 1. The number of hydrogen-bond donors (Lipinski definition) is 1. The number of aryl methyl sites for hydroxylation is 1. The molecule has 0 saturated heterocycles. The van der Waals surface area contributed by atoms with Gasteiger partial charge in [-0.25, -0.2) is 8.42 Å². The van der Waals surface area contributed by atoms with Crippen LogP contribution in [0.3, 0.4) is 0 Å². The average molecular weight is 404 g/mol. The monoisotopic (exact) mass is 404 g/mol. The molecule has 28 heavy (non-hydrogen) atoms. The van der Waals surface area contributed by atoms with Crippen LogP contribution in [-0.2, 0) is 14.8 Å². The second kappa shape index (κ2) is 8.10. The van der Waals surface area contributed by atoms with Gasteiger partial charge in [-0.3, -0.25) is 9.10 Å². The Morgan fingerprint density at radius 3 is 2.57 bits per heavy atom. The van der Waals surface area contributed by atoms with Crippen LogP contribution in [0.2, 0.25) is 0 Å². The van der Waals surface area contributed by atoms with E-state index in [1.807, 2.05) is 38.1 Å². The molecule has 1 aliphatic heterocycles. The molecule has 1 amide bonds. The van der Waals surface area contributed by atoms with Crippen LogP contribution in [0.4, 0.5) is 5.69 Å². The van der Waals surface area contributed by atoms with Crippen LogP contribution in [0.1, 0.15) is 11.1 Å². The number of nitrogens with one attached hydrogen (secondary N) is 1. The molecule has 0 fully saturated rings. The number of para-hydroxylation sites is 2. The van der Waals surface area contributed by atoms with Crippen LogP contribution < -0.4 is 19.1 Å². The summed E-state index contributed by atoms with van der Waals surface area (Å²) in [5, 5.41) is 2.74. The van der Waals surface area contributed by atoms with E-state index in [0.29, 0.717) is 23.8 Å². The van der Waals surface area contributed by atoms with E-state index >= 15 is 0 Å². The highest BCUT2D eigenvalue weighted by atomic mass is 32.2. The van der Waals surface area contributed by atoms with Crippen molar-refractivity contribution in [1.82, 2.24) is 5.32 Å². The number of ether oxygens (including phenoxy) is 2. The quantitative estimate of drug-likeness (QED) is 0.796. The standard InChI is InChI=1S/C20H24N2O5S/c1-14-7-6-8-17(15(14)2)22(28(3,24)25)12-20(23)21-11-16-13-26-18-9-4-5-10-19(18)27-16/h4-10,16H,11-13H2,1-3H3,(H,21,23)/t16-/m0/s1. The van der Waals surface area contributed by atoms with Gasteiger partial charge < -0.3 is 14.8 Å². The van der Waals surface area contributed by atoms with Gasteiger partial charge in [0.15, 0.2) is 11.5 Å². The molecule has 0 spiro atoms. The summed E-state index contributed by atoms with van der Waals surface area (Å²) >= 11 is 0. The summed E-state index contributed by atoms with van der Waals surface area (Å²) in [6.45, 7) is 3.97. The first-order valence-electron chi connectivity index (χ1n) is 8.95. The predicted molar refractivity (Wildman–Crippen MR) is 107 cm³/mol. The molecule has 150 valence electrons. The molecule has 7 nitrogen and oxygen atoms in total. The SMILES string of the molecule is Cc1cccc(N(CC(=O)NC[C@H]2COc3ccccc3O2)S(C)(=O)=O)c1C. The van der Waals surface area contributed by atoms with Gasteiger partial charge in [-0.05, 0) is 43.2 Å². The Morgan fingerprint density at radius 2 is 1.86 bits per heavy atom. The van der Waals surface area contributed by atoms with Gasteiger partial charge in [-0.1, -0.05) is 24.3 Å². The summed E-state index contributed by atoms with van der Waals surface area (Å²) in [7, 11) is -3.62. The Kier molecular flexibility index (Phi) is 5.79. The number of fused-ring (bicyclic) bond motifs is 1. The van der Waals surface area contributed by atoms with Crippen molar-refractivity contribution < 1.29 is 22.7 Å². The predicted octanol–water partition coefficient (Wildman–Crippen LogP) is 2.03. The molecule has 1 aliphatic rings. The Balaban J connectivity index is 1.64. The maximum Gasteiger partial charge on any atom is 0.240 e. The first-order valence-corrected chi connectivity index (χ1v) is 10.8. The fraction of sp³-hybridized carbons (Fsp3) is 0.350. The van der Waals surface area contributed by atoms with Crippen molar-refractivity contribution in [2.75, 3.05) is 30.3 Å². The molecule has 0 saturated carbocycles. The van der Waals surface area contributed by atoms with Crippen molar-refractivity contribution in [3.63, 3.8) is 0 Å². The lowest BCUT2D eigenvalue weighted by atomic mass is 10.1. The molecule has 3 rings (SSSR count). The summed E-state index contributed by atoms with van der Waals surface area (Å²) in [6.07, 6.45) is 0.753. The van der Waals surface area contributed by atoms with Crippen molar-refractivity contribution in [3.05, 3.63) is 53.6 Å². The molecule has 1 N–H and O–H groups in total. The summed E-state index contributed by atoms with van der Waals surface area (Å²) in [5.41, 5.74) is 2.28. The maximum atomic E-state index is 12.4. The Bertz CT molecular complexity index is 974. The van der Waals surface area contributed by atoms with Gasteiger partial charge in [-0.2, -0.15) is 0 Å². The van der Waals surface area contributed by atoms with Crippen molar-refractivity contribution in [1.29, 1.82) is 0 Å². The van der Waals surface area contributed by atoms with E-state index in [0.717, 1.165) is 21.7 Å². The smallest absolute Gasteiger partial charge is 0.240 e. The van der Waals surface area contributed by atoms with Crippen LogP contribution in [0.15, 0.2) is 42.5 Å². The van der Waals surface area contributed by atoms with E-state index in [4.69, 9.17) is 9.47 Å². The van der Waals surface area contributed by atoms with Gasteiger partial charge in [-0.15, -0.1) is 0 Å². The first kappa shape index (κ1) is 20.0.